The number of likely N-dealkylation sites (N-methyl/N-ethyl adjacent to an activating group) is 2. The van der Waals surface area contributed by atoms with Gasteiger partial charge in [-0.15, -0.1) is 24.8 Å². The van der Waals surface area contributed by atoms with Crippen molar-refractivity contribution in [2.75, 3.05) is 27.2 Å². The fourth-order valence-corrected chi connectivity index (χ4v) is 10.7. The molecule has 2 saturated heterocycles. The molecule has 6 atom stereocenters. The molecule has 5 nitrogen and oxygen atoms in total. The van der Waals surface area contributed by atoms with Gasteiger partial charge in [-0.2, -0.15) is 0 Å². The second-order valence-electron chi connectivity index (χ2n) is 14.1. The average Bonchev–Trinajstić information content (AvgIpc) is 2.97. The van der Waals surface area contributed by atoms with E-state index in [0.717, 1.165) is 25.9 Å². The molecular weight excluding hydrogens is 567 g/mol. The minimum Gasteiger partial charge on any atom is -0.395 e. The van der Waals surface area contributed by atoms with E-state index < -0.39 is 6.16 Å². The van der Waals surface area contributed by atoms with Gasteiger partial charge in [0, 0.05) is 22.9 Å². The Labute approximate surface area is 263 Å². The van der Waals surface area contributed by atoms with Crippen LogP contribution in [0.25, 0.3) is 0 Å². The van der Waals surface area contributed by atoms with Gasteiger partial charge < -0.3 is 19.3 Å². The topological polar surface area (TPSA) is 42.0 Å². The molecular formula is C35H46Cl2N2O3. The second-order valence-corrected chi connectivity index (χ2v) is 14.1. The van der Waals surface area contributed by atoms with Crippen LogP contribution in [0.5, 0.6) is 11.5 Å². The van der Waals surface area contributed by atoms with Gasteiger partial charge in [0.15, 0.2) is 0 Å². The maximum atomic E-state index is 13.1. The molecule has 6 aliphatic rings. The van der Waals surface area contributed by atoms with Crippen molar-refractivity contribution in [2.24, 2.45) is 11.8 Å². The summed E-state index contributed by atoms with van der Waals surface area (Å²) in [6, 6.07) is 14.1. The molecule has 8 rings (SSSR count). The molecule has 4 aliphatic carbocycles. The highest BCUT2D eigenvalue weighted by molar-refractivity contribution is 5.85. The first kappa shape index (κ1) is 30.2. The van der Waals surface area contributed by atoms with Crippen molar-refractivity contribution in [3.8, 4) is 11.5 Å². The highest BCUT2D eigenvalue weighted by atomic mass is 35.5. The number of rotatable bonds is 2. The first-order chi connectivity index (χ1) is 19.5. The summed E-state index contributed by atoms with van der Waals surface area (Å²) in [7, 11) is 4.61. The van der Waals surface area contributed by atoms with Crippen molar-refractivity contribution in [2.45, 2.75) is 100.0 Å². The zero-order valence-electron chi connectivity index (χ0n) is 25.1. The number of benzene rings is 2. The fourth-order valence-electron chi connectivity index (χ4n) is 10.7. The van der Waals surface area contributed by atoms with Gasteiger partial charge >= 0.3 is 6.16 Å². The molecule has 2 aromatic carbocycles. The van der Waals surface area contributed by atoms with Gasteiger partial charge in [0.25, 0.3) is 0 Å². The summed E-state index contributed by atoms with van der Waals surface area (Å²) in [5.41, 5.74) is 6.27. The molecule has 4 bridgehead atoms. The lowest BCUT2D eigenvalue weighted by atomic mass is 9.52. The van der Waals surface area contributed by atoms with E-state index in [1.807, 2.05) is 12.1 Å². The molecule has 228 valence electrons. The summed E-state index contributed by atoms with van der Waals surface area (Å²) in [5, 5.41) is 0. The monoisotopic (exact) mass is 612 g/mol. The summed E-state index contributed by atoms with van der Waals surface area (Å²) >= 11 is 0. The molecule has 4 fully saturated rings. The van der Waals surface area contributed by atoms with Crippen molar-refractivity contribution >= 4 is 31.0 Å². The summed E-state index contributed by atoms with van der Waals surface area (Å²) in [6.07, 6.45) is 14.5. The minimum absolute atomic E-state index is 0. The van der Waals surface area contributed by atoms with Crippen molar-refractivity contribution in [1.29, 1.82) is 0 Å². The maximum Gasteiger partial charge on any atom is 0.519 e. The van der Waals surface area contributed by atoms with E-state index in [1.54, 1.807) is 0 Å². The quantitative estimate of drug-likeness (QED) is 0.260. The van der Waals surface area contributed by atoms with E-state index in [4.69, 9.17) is 9.47 Å². The van der Waals surface area contributed by atoms with Gasteiger partial charge in [-0.1, -0.05) is 37.8 Å². The van der Waals surface area contributed by atoms with E-state index in [2.05, 4.69) is 48.2 Å². The van der Waals surface area contributed by atoms with E-state index in [9.17, 15) is 4.79 Å². The van der Waals surface area contributed by atoms with Crippen LogP contribution in [0.15, 0.2) is 36.4 Å². The number of hydrogen-bond donors (Lipinski definition) is 0. The lowest BCUT2D eigenvalue weighted by Gasteiger charge is -2.58. The number of nitrogens with zero attached hydrogens (tertiary/aromatic N) is 2. The Morgan fingerprint density at radius 1 is 0.690 bits per heavy atom. The van der Waals surface area contributed by atoms with Crippen LogP contribution in [0.2, 0.25) is 0 Å². The summed E-state index contributed by atoms with van der Waals surface area (Å²) in [5.74, 6) is 2.68. The van der Waals surface area contributed by atoms with E-state index >= 15 is 0 Å². The van der Waals surface area contributed by atoms with Gasteiger partial charge in [-0.25, -0.2) is 4.79 Å². The molecule has 2 heterocycles. The molecule has 2 saturated carbocycles. The zero-order valence-corrected chi connectivity index (χ0v) is 26.7. The van der Waals surface area contributed by atoms with Crippen LogP contribution in [0.4, 0.5) is 4.79 Å². The average molecular weight is 614 g/mol. The smallest absolute Gasteiger partial charge is 0.395 e. The van der Waals surface area contributed by atoms with Crippen LogP contribution in [0.1, 0.15) is 86.5 Å². The molecule has 2 aliphatic heterocycles. The van der Waals surface area contributed by atoms with Crippen molar-refractivity contribution in [1.82, 2.24) is 9.80 Å². The number of likely N-dealkylation sites (tertiary alicyclic amines) is 2. The van der Waals surface area contributed by atoms with Crippen LogP contribution in [0, 0.1) is 11.8 Å². The highest BCUT2D eigenvalue weighted by Gasteiger charge is 2.54. The van der Waals surface area contributed by atoms with Crippen LogP contribution in [-0.4, -0.2) is 55.2 Å². The Hall–Kier alpha value is -1.79. The van der Waals surface area contributed by atoms with Crippen molar-refractivity contribution in [3.63, 3.8) is 0 Å². The van der Waals surface area contributed by atoms with Gasteiger partial charge in [0.2, 0.25) is 0 Å². The summed E-state index contributed by atoms with van der Waals surface area (Å²) in [4.78, 5) is 18.3. The molecule has 42 heavy (non-hydrogen) atoms. The minimum atomic E-state index is -0.621. The molecule has 7 heteroatoms. The molecule has 0 radical (unpaired) electrons. The van der Waals surface area contributed by atoms with E-state index in [0.29, 0.717) is 35.4 Å². The number of piperidine rings is 2. The van der Waals surface area contributed by atoms with Gasteiger partial charge in [0.05, 0.1) is 0 Å². The standard InChI is InChI=1S/C35H44N2O3.2ClH/c1-36-17-15-34-13-5-3-7-27(34)31(36)19-23-9-11-25(21-29(23)34)39-33(38)40-26-12-10-24-20-32-28-8-4-6-14-35(28,30(24)22-26)16-18-37(32)2;;/h9-12,21-22,27-28,31-32H,3-8,13-20H2,1-2H3;2*1H. The Kier molecular flexibility index (Phi) is 8.13. The third-order valence-electron chi connectivity index (χ3n) is 12.6. The lowest BCUT2D eigenvalue weighted by Crippen LogP contribution is -2.59. The second kappa shape index (κ2) is 11.3. The van der Waals surface area contributed by atoms with Gasteiger partial charge in [-0.3, -0.25) is 0 Å². The van der Waals surface area contributed by atoms with Gasteiger partial charge in [0.1, 0.15) is 11.5 Å². The first-order valence-electron chi connectivity index (χ1n) is 16.0. The lowest BCUT2D eigenvalue weighted by molar-refractivity contribution is 0.00265. The Balaban J connectivity index is 0.00000158. The largest absolute Gasteiger partial charge is 0.519 e. The summed E-state index contributed by atoms with van der Waals surface area (Å²) < 4.78 is 11.8. The van der Waals surface area contributed by atoms with Crippen molar-refractivity contribution < 1.29 is 14.3 Å². The fraction of sp³-hybridized carbons (Fsp3) is 0.629. The highest BCUT2D eigenvalue weighted by Crippen LogP contribution is 2.57. The Morgan fingerprint density at radius 3 is 1.60 bits per heavy atom. The maximum absolute atomic E-state index is 13.1. The van der Waals surface area contributed by atoms with Crippen LogP contribution in [-0.2, 0) is 23.7 Å². The first-order valence-corrected chi connectivity index (χ1v) is 16.0. The zero-order chi connectivity index (χ0) is 27.1. The molecule has 0 N–H and O–H groups in total. The van der Waals surface area contributed by atoms with Crippen molar-refractivity contribution in [3.05, 3.63) is 58.7 Å². The number of halogens is 2. The number of ether oxygens (including phenoxy) is 2. The Morgan fingerprint density at radius 2 is 1.14 bits per heavy atom. The number of carbonyl (C=O) groups excluding carboxylic acids is 1. The van der Waals surface area contributed by atoms with Crippen LogP contribution < -0.4 is 9.47 Å². The molecule has 2 aromatic rings. The Bertz CT molecular complexity index is 1250. The molecule has 6 unspecified atom stereocenters. The van der Waals surface area contributed by atoms with E-state index in [1.165, 1.54) is 86.5 Å². The SMILES string of the molecule is CN1CCC23CCCCC2C1Cc1ccc(OC(=O)Oc2ccc4c(c2)C25CCCCC2C(C4)N(C)CC5)cc13.Cl.Cl. The van der Waals surface area contributed by atoms with Crippen LogP contribution in [0.3, 0.4) is 0 Å². The molecule has 0 aromatic heterocycles. The normalized spacial score (nSPS) is 34.7. The summed E-state index contributed by atoms with van der Waals surface area (Å²) in [6.45, 7) is 2.32. The third kappa shape index (κ3) is 4.52. The number of fused-ring (bicyclic) bond motifs is 2. The van der Waals surface area contributed by atoms with Gasteiger partial charge in [-0.05, 0) is 137 Å². The molecule has 0 amide bonds. The predicted octanol–water partition coefficient (Wildman–Crippen LogP) is 7.48. The molecule has 0 spiro atoms. The number of hydrogen-bond acceptors (Lipinski definition) is 5. The third-order valence-corrected chi connectivity index (χ3v) is 12.6. The number of carbonyl (C=O) groups is 1. The predicted molar refractivity (Wildman–Crippen MR) is 171 cm³/mol. The van der Waals surface area contributed by atoms with E-state index in [-0.39, 0.29) is 35.6 Å². The van der Waals surface area contributed by atoms with Crippen LogP contribution >= 0.6 is 24.8 Å².